The molecule has 0 radical (unpaired) electrons. The highest BCUT2D eigenvalue weighted by Gasteiger charge is 2.00. The van der Waals surface area contributed by atoms with Crippen LogP contribution in [0.2, 0.25) is 0 Å². The summed E-state index contributed by atoms with van der Waals surface area (Å²) in [5.41, 5.74) is 0. The number of esters is 1. The number of hydrogen-bond donors (Lipinski definition) is 0. The highest BCUT2D eigenvalue weighted by atomic mass is 79.9. The van der Waals surface area contributed by atoms with Gasteiger partial charge in [0.15, 0.2) is 0 Å². The number of carbonyl (C=O) groups is 1. The second-order valence-corrected chi connectivity index (χ2v) is 4.16. The molecule has 0 rings (SSSR count). The highest BCUT2D eigenvalue weighted by Crippen LogP contribution is 2.08. The number of alkyl halides is 1. The SMILES string of the molecule is CCOC(=O)CCCCCCCCBr. The zero-order valence-corrected chi connectivity index (χ0v) is 10.6. The van der Waals surface area contributed by atoms with E-state index < -0.39 is 0 Å². The Bertz CT molecular complexity index is 137. The fraction of sp³-hybridized carbons (Fsp3) is 0.909. The van der Waals surface area contributed by atoms with Gasteiger partial charge in [0.05, 0.1) is 6.61 Å². The largest absolute Gasteiger partial charge is 0.466 e. The molecular weight excluding hydrogens is 244 g/mol. The maximum atomic E-state index is 10.9. The van der Waals surface area contributed by atoms with Crippen LogP contribution in [0.5, 0.6) is 0 Å². The van der Waals surface area contributed by atoms with Gasteiger partial charge >= 0.3 is 5.97 Å². The Morgan fingerprint density at radius 3 is 2.21 bits per heavy atom. The lowest BCUT2D eigenvalue weighted by atomic mass is 10.1. The summed E-state index contributed by atoms with van der Waals surface area (Å²) in [4.78, 5) is 10.9. The molecule has 0 N–H and O–H groups in total. The van der Waals surface area contributed by atoms with Crippen LogP contribution in [-0.2, 0) is 9.53 Å². The van der Waals surface area contributed by atoms with Crippen LogP contribution in [0.4, 0.5) is 0 Å². The van der Waals surface area contributed by atoms with Gasteiger partial charge in [0.2, 0.25) is 0 Å². The molecule has 0 amide bonds. The van der Waals surface area contributed by atoms with E-state index in [2.05, 4.69) is 15.9 Å². The van der Waals surface area contributed by atoms with E-state index in [1.54, 1.807) is 0 Å². The van der Waals surface area contributed by atoms with E-state index in [0.717, 1.165) is 18.2 Å². The molecule has 84 valence electrons. The van der Waals surface area contributed by atoms with Crippen molar-refractivity contribution < 1.29 is 9.53 Å². The van der Waals surface area contributed by atoms with E-state index in [0.29, 0.717) is 13.0 Å². The lowest BCUT2D eigenvalue weighted by Crippen LogP contribution is -2.03. The topological polar surface area (TPSA) is 26.3 Å². The maximum absolute atomic E-state index is 10.9. The second-order valence-electron chi connectivity index (χ2n) is 3.37. The summed E-state index contributed by atoms with van der Waals surface area (Å²) in [7, 11) is 0. The molecule has 0 bridgehead atoms. The predicted molar refractivity (Wildman–Crippen MR) is 62.7 cm³/mol. The lowest BCUT2D eigenvalue weighted by Gasteiger charge is -2.01. The highest BCUT2D eigenvalue weighted by molar-refractivity contribution is 9.09. The maximum Gasteiger partial charge on any atom is 0.305 e. The Hall–Kier alpha value is -0.0500. The monoisotopic (exact) mass is 264 g/mol. The zero-order valence-electron chi connectivity index (χ0n) is 9.06. The Kier molecular flexibility index (Phi) is 11.0. The van der Waals surface area contributed by atoms with Crippen molar-refractivity contribution in [2.24, 2.45) is 0 Å². The normalized spacial score (nSPS) is 10.1. The van der Waals surface area contributed by atoms with Gasteiger partial charge in [-0.05, 0) is 19.8 Å². The van der Waals surface area contributed by atoms with Crippen LogP contribution in [0.15, 0.2) is 0 Å². The quantitative estimate of drug-likeness (QED) is 0.361. The molecule has 0 unspecified atom stereocenters. The number of rotatable bonds is 9. The summed E-state index contributed by atoms with van der Waals surface area (Å²) in [6, 6.07) is 0. The van der Waals surface area contributed by atoms with Crippen LogP contribution in [0.3, 0.4) is 0 Å². The van der Waals surface area contributed by atoms with Gasteiger partial charge in [0.25, 0.3) is 0 Å². The Balaban J connectivity index is 3.01. The number of ether oxygens (including phenoxy) is 1. The summed E-state index contributed by atoms with van der Waals surface area (Å²) in [5, 5.41) is 1.11. The third-order valence-corrected chi connectivity index (χ3v) is 2.63. The third kappa shape index (κ3) is 10.0. The van der Waals surface area contributed by atoms with Crippen molar-refractivity contribution >= 4 is 21.9 Å². The summed E-state index contributed by atoms with van der Waals surface area (Å²) in [5.74, 6) is -0.0482. The minimum Gasteiger partial charge on any atom is -0.466 e. The van der Waals surface area contributed by atoms with Gasteiger partial charge < -0.3 is 4.74 Å². The molecule has 3 heteroatoms. The van der Waals surface area contributed by atoms with E-state index in [-0.39, 0.29) is 5.97 Å². The summed E-state index contributed by atoms with van der Waals surface area (Å²) >= 11 is 3.41. The predicted octanol–water partition coefficient (Wildman–Crippen LogP) is 3.68. The van der Waals surface area contributed by atoms with Crippen molar-refractivity contribution in [3.05, 3.63) is 0 Å². The van der Waals surface area contributed by atoms with E-state index in [4.69, 9.17) is 4.74 Å². The molecule has 2 nitrogen and oxygen atoms in total. The van der Waals surface area contributed by atoms with Crippen LogP contribution < -0.4 is 0 Å². The Morgan fingerprint density at radius 2 is 1.64 bits per heavy atom. The molecular formula is C11H21BrO2. The summed E-state index contributed by atoms with van der Waals surface area (Å²) in [6.07, 6.45) is 7.81. The Morgan fingerprint density at radius 1 is 1.07 bits per heavy atom. The van der Waals surface area contributed by atoms with Gasteiger partial charge in [0, 0.05) is 11.8 Å². The van der Waals surface area contributed by atoms with E-state index in [1.165, 1.54) is 25.7 Å². The molecule has 0 fully saturated rings. The van der Waals surface area contributed by atoms with Crippen LogP contribution in [0.25, 0.3) is 0 Å². The van der Waals surface area contributed by atoms with Crippen molar-refractivity contribution in [1.29, 1.82) is 0 Å². The minimum atomic E-state index is -0.0482. The van der Waals surface area contributed by atoms with Gasteiger partial charge in [-0.1, -0.05) is 41.6 Å². The average molecular weight is 265 g/mol. The molecule has 14 heavy (non-hydrogen) atoms. The van der Waals surface area contributed by atoms with E-state index in [9.17, 15) is 4.79 Å². The molecule has 0 aromatic carbocycles. The van der Waals surface area contributed by atoms with Crippen molar-refractivity contribution in [3.63, 3.8) is 0 Å². The second kappa shape index (κ2) is 11.0. The smallest absolute Gasteiger partial charge is 0.305 e. The molecule has 0 aliphatic carbocycles. The van der Waals surface area contributed by atoms with Gasteiger partial charge in [-0.3, -0.25) is 4.79 Å². The minimum absolute atomic E-state index is 0.0482. The molecule has 0 spiro atoms. The van der Waals surface area contributed by atoms with Crippen molar-refractivity contribution in [3.8, 4) is 0 Å². The molecule has 0 heterocycles. The summed E-state index contributed by atoms with van der Waals surface area (Å²) < 4.78 is 4.84. The molecule has 0 aromatic heterocycles. The van der Waals surface area contributed by atoms with Crippen molar-refractivity contribution in [1.82, 2.24) is 0 Å². The van der Waals surface area contributed by atoms with Crippen molar-refractivity contribution in [2.75, 3.05) is 11.9 Å². The zero-order chi connectivity index (χ0) is 10.6. The summed E-state index contributed by atoms with van der Waals surface area (Å²) in [6.45, 7) is 2.35. The molecule has 0 aliphatic heterocycles. The van der Waals surface area contributed by atoms with Crippen LogP contribution >= 0.6 is 15.9 Å². The molecule has 0 saturated carbocycles. The standard InChI is InChI=1S/C11H21BrO2/c1-2-14-11(13)9-7-5-3-4-6-8-10-12/h2-10H2,1H3. The first-order chi connectivity index (χ1) is 6.81. The number of carbonyl (C=O) groups excluding carboxylic acids is 1. The fourth-order valence-electron chi connectivity index (χ4n) is 1.30. The lowest BCUT2D eigenvalue weighted by molar-refractivity contribution is -0.143. The number of halogens is 1. The van der Waals surface area contributed by atoms with Gasteiger partial charge in [-0.25, -0.2) is 0 Å². The van der Waals surface area contributed by atoms with Gasteiger partial charge in [-0.15, -0.1) is 0 Å². The van der Waals surface area contributed by atoms with Crippen LogP contribution in [0, 0.1) is 0 Å². The number of unbranched alkanes of at least 4 members (excludes halogenated alkanes) is 5. The first kappa shape index (κ1) is 13.9. The van der Waals surface area contributed by atoms with E-state index >= 15 is 0 Å². The fourth-order valence-corrected chi connectivity index (χ4v) is 1.70. The molecule has 0 aliphatic rings. The first-order valence-electron chi connectivity index (χ1n) is 5.52. The first-order valence-corrected chi connectivity index (χ1v) is 6.65. The molecule has 0 atom stereocenters. The Labute approximate surface area is 95.5 Å². The molecule has 0 saturated heterocycles. The van der Waals surface area contributed by atoms with Gasteiger partial charge in [0.1, 0.15) is 0 Å². The van der Waals surface area contributed by atoms with Crippen LogP contribution in [-0.4, -0.2) is 17.9 Å². The number of hydrogen-bond acceptors (Lipinski definition) is 2. The van der Waals surface area contributed by atoms with Gasteiger partial charge in [-0.2, -0.15) is 0 Å². The van der Waals surface area contributed by atoms with Crippen molar-refractivity contribution in [2.45, 2.75) is 51.9 Å². The van der Waals surface area contributed by atoms with E-state index in [1.807, 2.05) is 6.92 Å². The third-order valence-electron chi connectivity index (χ3n) is 2.07. The molecule has 0 aromatic rings. The van der Waals surface area contributed by atoms with Crippen LogP contribution in [0.1, 0.15) is 51.9 Å². The average Bonchev–Trinajstić information content (AvgIpc) is 2.17.